The van der Waals surface area contributed by atoms with Crippen molar-refractivity contribution in [1.29, 1.82) is 0 Å². The van der Waals surface area contributed by atoms with Crippen LogP contribution in [0.4, 0.5) is 0 Å². The topological polar surface area (TPSA) is 9.23 Å². The molecule has 0 saturated heterocycles. The van der Waals surface area contributed by atoms with Crippen LogP contribution in [-0.2, 0) is 4.43 Å². The fourth-order valence-electron chi connectivity index (χ4n) is 2.92. The SMILES string of the molecule is C=CC(CC)(CC)[Si](C)(C)OC(C)(CC)[SiH](C)C. The molecule has 0 aromatic carbocycles. The average molecular weight is 287 g/mol. The zero-order valence-corrected chi connectivity index (χ0v) is 16.0. The molecule has 108 valence electrons. The van der Waals surface area contributed by atoms with Crippen molar-refractivity contribution in [2.45, 2.75) is 83.4 Å². The summed E-state index contributed by atoms with van der Waals surface area (Å²) < 4.78 is 6.80. The summed E-state index contributed by atoms with van der Waals surface area (Å²) in [7, 11) is -2.61. The Bertz CT molecular complexity index is 270. The highest BCUT2D eigenvalue weighted by Gasteiger charge is 2.47. The van der Waals surface area contributed by atoms with Crippen molar-refractivity contribution in [3.05, 3.63) is 12.7 Å². The predicted molar refractivity (Wildman–Crippen MR) is 89.6 cm³/mol. The lowest BCUT2D eigenvalue weighted by molar-refractivity contribution is 0.143. The van der Waals surface area contributed by atoms with Crippen molar-refractivity contribution in [3.8, 4) is 0 Å². The normalized spacial score (nSPS) is 16.7. The third-order valence-corrected chi connectivity index (χ3v) is 12.8. The molecule has 0 fully saturated rings. The number of hydrogen-bond acceptors (Lipinski definition) is 1. The number of hydrogen-bond donors (Lipinski definition) is 0. The van der Waals surface area contributed by atoms with Crippen molar-refractivity contribution < 1.29 is 4.43 Å². The van der Waals surface area contributed by atoms with E-state index in [9.17, 15) is 0 Å². The quantitative estimate of drug-likeness (QED) is 0.443. The Labute approximate surface area is 118 Å². The third kappa shape index (κ3) is 3.37. The van der Waals surface area contributed by atoms with Crippen molar-refractivity contribution in [3.63, 3.8) is 0 Å². The van der Waals surface area contributed by atoms with Crippen LogP contribution in [0.1, 0.15) is 47.0 Å². The van der Waals surface area contributed by atoms with E-state index in [2.05, 4.69) is 66.5 Å². The second-order valence-electron chi connectivity index (χ2n) is 6.50. The van der Waals surface area contributed by atoms with E-state index in [0.717, 1.165) is 19.3 Å². The molecule has 0 amide bonds. The molecule has 3 heteroatoms. The van der Waals surface area contributed by atoms with Gasteiger partial charge in [-0.3, -0.25) is 0 Å². The van der Waals surface area contributed by atoms with Crippen molar-refractivity contribution in [1.82, 2.24) is 0 Å². The van der Waals surface area contributed by atoms with E-state index in [1.807, 2.05) is 0 Å². The van der Waals surface area contributed by atoms with Gasteiger partial charge in [-0.15, -0.1) is 6.58 Å². The lowest BCUT2D eigenvalue weighted by Crippen LogP contribution is -2.54. The molecular weight excluding hydrogens is 252 g/mol. The molecule has 0 aromatic rings. The van der Waals surface area contributed by atoms with Gasteiger partial charge in [-0.2, -0.15) is 0 Å². The van der Waals surface area contributed by atoms with Gasteiger partial charge in [0.05, 0.1) is 8.80 Å². The van der Waals surface area contributed by atoms with E-state index >= 15 is 0 Å². The molecule has 0 radical (unpaired) electrons. The summed E-state index contributed by atoms with van der Waals surface area (Å²) in [6, 6.07) is 0. The van der Waals surface area contributed by atoms with Crippen molar-refractivity contribution in [2.24, 2.45) is 0 Å². The Morgan fingerprint density at radius 2 is 1.56 bits per heavy atom. The molecule has 0 aliphatic carbocycles. The van der Waals surface area contributed by atoms with Gasteiger partial charge < -0.3 is 4.43 Å². The molecule has 0 aliphatic heterocycles. The minimum Gasteiger partial charge on any atom is -0.414 e. The monoisotopic (exact) mass is 286 g/mol. The fourth-order valence-corrected chi connectivity index (χ4v) is 9.27. The highest BCUT2D eigenvalue weighted by Crippen LogP contribution is 2.48. The first-order valence-electron chi connectivity index (χ1n) is 7.48. The van der Waals surface area contributed by atoms with Crippen molar-refractivity contribution >= 4 is 17.1 Å². The Kier molecular flexibility index (Phi) is 6.58. The lowest BCUT2D eigenvalue weighted by Gasteiger charge is -2.48. The number of rotatable bonds is 8. The Hall–Kier alpha value is 0.134. The molecule has 1 nitrogen and oxygen atoms in total. The largest absolute Gasteiger partial charge is 0.414 e. The summed E-state index contributed by atoms with van der Waals surface area (Å²) in [5.41, 5.74) is 0. The van der Waals surface area contributed by atoms with Crippen LogP contribution >= 0.6 is 0 Å². The Morgan fingerprint density at radius 1 is 1.11 bits per heavy atom. The van der Waals surface area contributed by atoms with Crippen LogP contribution in [0, 0.1) is 0 Å². The molecule has 0 spiro atoms. The van der Waals surface area contributed by atoms with E-state index < -0.39 is 17.1 Å². The van der Waals surface area contributed by atoms with E-state index in [1.54, 1.807) is 0 Å². The van der Waals surface area contributed by atoms with Gasteiger partial charge in [0.1, 0.15) is 0 Å². The second-order valence-corrected chi connectivity index (χ2v) is 14.3. The van der Waals surface area contributed by atoms with Crippen LogP contribution in [0.3, 0.4) is 0 Å². The van der Waals surface area contributed by atoms with Gasteiger partial charge in [0.2, 0.25) is 0 Å². The first kappa shape index (κ1) is 18.1. The fraction of sp³-hybridized carbons (Fsp3) is 0.867. The van der Waals surface area contributed by atoms with Gasteiger partial charge in [0, 0.05) is 10.3 Å². The first-order chi connectivity index (χ1) is 8.14. The highest BCUT2D eigenvalue weighted by atomic mass is 28.4. The van der Waals surface area contributed by atoms with E-state index in [-0.39, 0.29) is 10.3 Å². The maximum Gasteiger partial charge on any atom is 0.196 e. The van der Waals surface area contributed by atoms with Gasteiger partial charge in [-0.25, -0.2) is 0 Å². The standard InChI is InChI=1S/C15H34OSi2/c1-10-14(5,17(6)7)16-18(8,9)15(11-2,12-3)13-4/h11,17H,2,10,12-13H2,1,3-9H3. The summed E-state index contributed by atoms with van der Waals surface area (Å²) in [6.45, 7) is 22.8. The second kappa shape index (κ2) is 6.53. The smallest absolute Gasteiger partial charge is 0.196 e. The van der Waals surface area contributed by atoms with Gasteiger partial charge in [-0.1, -0.05) is 39.9 Å². The molecule has 0 bridgehead atoms. The highest BCUT2D eigenvalue weighted by molar-refractivity contribution is 6.76. The van der Waals surface area contributed by atoms with Crippen LogP contribution in [0.15, 0.2) is 12.7 Å². The summed E-state index contributed by atoms with van der Waals surface area (Å²) >= 11 is 0. The molecule has 0 aliphatic rings. The molecular formula is C15H34OSi2. The molecule has 1 unspecified atom stereocenters. The van der Waals surface area contributed by atoms with E-state index in [4.69, 9.17) is 4.43 Å². The average Bonchev–Trinajstić information content (AvgIpc) is 2.30. The van der Waals surface area contributed by atoms with Gasteiger partial charge >= 0.3 is 0 Å². The molecule has 0 saturated carbocycles. The maximum absolute atomic E-state index is 6.80. The molecule has 0 rings (SSSR count). The first-order valence-corrected chi connectivity index (χ1v) is 13.3. The summed E-state index contributed by atoms with van der Waals surface area (Å²) in [4.78, 5) is 0. The minimum absolute atomic E-state index is 0.133. The van der Waals surface area contributed by atoms with Crippen LogP contribution < -0.4 is 0 Å². The predicted octanol–water partition coefficient (Wildman–Crippen LogP) is 5.15. The molecule has 0 N–H and O–H groups in total. The van der Waals surface area contributed by atoms with Gasteiger partial charge in [0.25, 0.3) is 0 Å². The summed E-state index contributed by atoms with van der Waals surface area (Å²) in [5.74, 6) is 0. The van der Waals surface area contributed by atoms with Crippen LogP contribution in [0.5, 0.6) is 0 Å². The lowest BCUT2D eigenvalue weighted by atomic mass is 10.0. The summed E-state index contributed by atoms with van der Waals surface area (Å²) in [5, 5.41) is 0.348. The zero-order valence-electron chi connectivity index (χ0n) is 13.9. The Morgan fingerprint density at radius 3 is 1.78 bits per heavy atom. The molecule has 0 aromatic heterocycles. The Balaban J connectivity index is 5.31. The van der Waals surface area contributed by atoms with Crippen LogP contribution in [-0.4, -0.2) is 22.3 Å². The molecule has 1 atom stereocenters. The molecule has 0 heterocycles. The van der Waals surface area contributed by atoms with E-state index in [1.165, 1.54) is 0 Å². The molecule has 18 heavy (non-hydrogen) atoms. The minimum atomic E-state index is -1.79. The number of allylic oxidation sites excluding steroid dienone is 1. The van der Waals surface area contributed by atoms with Gasteiger partial charge in [-0.05, 0) is 39.3 Å². The maximum atomic E-state index is 6.80. The van der Waals surface area contributed by atoms with Crippen LogP contribution in [0.2, 0.25) is 31.2 Å². The van der Waals surface area contributed by atoms with Gasteiger partial charge in [0.15, 0.2) is 8.32 Å². The summed E-state index contributed by atoms with van der Waals surface area (Å²) in [6.07, 6.45) is 5.60. The van der Waals surface area contributed by atoms with Crippen LogP contribution in [0.25, 0.3) is 0 Å². The van der Waals surface area contributed by atoms with Crippen molar-refractivity contribution in [2.75, 3.05) is 0 Å². The zero-order chi connectivity index (χ0) is 14.6. The third-order valence-electron chi connectivity index (χ3n) is 5.26. The van der Waals surface area contributed by atoms with E-state index in [0.29, 0.717) is 0 Å².